The third-order valence-corrected chi connectivity index (χ3v) is 2.79. The van der Waals surface area contributed by atoms with Crippen molar-refractivity contribution in [2.75, 3.05) is 7.11 Å². The number of hydrogen-bond acceptors (Lipinski definition) is 3. The molecule has 0 heterocycles. The zero-order valence-corrected chi connectivity index (χ0v) is 10.9. The number of methoxy groups -OCH3 is 1. The van der Waals surface area contributed by atoms with E-state index in [-0.39, 0.29) is 17.8 Å². The van der Waals surface area contributed by atoms with Crippen LogP contribution in [0.2, 0.25) is 0 Å². The van der Waals surface area contributed by atoms with Gasteiger partial charge in [0.1, 0.15) is 11.6 Å². The molecule has 0 aliphatic heterocycles. The molecule has 0 aliphatic rings. The summed E-state index contributed by atoms with van der Waals surface area (Å²) < 4.78 is 18.4. The van der Waals surface area contributed by atoms with Gasteiger partial charge in [0.15, 0.2) is 0 Å². The lowest BCUT2D eigenvalue weighted by molar-refractivity contribution is -0.123. The summed E-state index contributed by atoms with van der Waals surface area (Å²) in [6.07, 6.45) is 0.554. The monoisotopic (exact) mass is 254 g/mol. The zero-order chi connectivity index (χ0) is 13.7. The molecule has 0 saturated carbocycles. The number of ether oxygens (including phenoxy) is 1. The summed E-state index contributed by atoms with van der Waals surface area (Å²) in [4.78, 5) is 11.7. The Balaban J connectivity index is 2.86. The number of hydrogen-bond donors (Lipinski definition) is 2. The Morgan fingerprint density at radius 1 is 1.56 bits per heavy atom. The maximum Gasteiger partial charge on any atom is 0.237 e. The van der Waals surface area contributed by atoms with E-state index in [1.54, 1.807) is 6.92 Å². The molecule has 18 heavy (non-hydrogen) atoms. The van der Waals surface area contributed by atoms with Crippen LogP contribution in [-0.2, 0) is 4.79 Å². The Bertz CT molecular complexity index is 423. The Hall–Kier alpha value is -1.62. The Labute approximate surface area is 106 Å². The molecule has 4 nitrogen and oxygen atoms in total. The van der Waals surface area contributed by atoms with Gasteiger partial charge in [0.25, 0.3) is 0 Å². The van der Waals surface area contributed by atoms with Crippen molar-refractivity contribution in [2.45, 2.75) is 32.4 Å². The minimum absolute atomic E-state index is 0.253. The van der Waals surface area contributed by atoms with E-state index in [9.17, 15) is 9.18 Å². The molecule has 2 atom stereocenters. The summed E-state index contributed by atoms with van der Waals surface area (Å²) in [6.45, 7) is 3.59. The van der Waals surface area contributed by atoms with E-state index in [0.717, 1.165) is 0 Å². The first kappa shape index (κ1) is 14.4. The summed E-state index contributed by atoms with van der Waals surface area (Å²) in [7, 11) is 1.50. The molecular formula is C13H19FN2O2. The highest BCUT2D eigenvalue weighted by molar-refractivity contribution is 5.81. The Kier molecular flexibility index (Phi) is 5.09. The SMILES string of the molecule is CC[C@@H](N)C(=O)NC(C)c1cc(F)ccc1OC. The number of benzene rings is 1. The molecule has 100 valence electrons. The molecule has 1 aromatic rings. The van der Waals surface area contributed by atoms with Crippen molar-refractivity contribution in [3.63, 3.8) is 0 Å². The molecule has 5 heteroatoms. The molecule has 1 aromatic carbocycles. The molecular weight excluding hydrogens is 235 g/mol. The molecule has 0 bridgehead atoms. The minimum Gasteiger partial charge on any atom is -0.496 e. The van der Waals surface area contributed by atoms with E-state index in [4.69, 9.17) is 10.5 Å². The van der Waals surface area contributed by atoms with E-state index in [0.29, 0.717) is 17.7 Å². The molecule has 1 rings (SSSR count). The minimum atomic E-state index is -0.549. The Morgan fingerprint density at radius 2 is 2.22 bits per heavy atom. The smallest absolute Gasteiger partial charge is 0.237 e. The highest BCUT2D eigenvalue weighted by Crippen LogP contribution is 2.25. The first-order valence-corrected chi connectivity index (χ1v) is 5.89. The average Bonchev–Trinajstić information content (AvgIpc) is 2.37. The fraction of sp³-hybridized carbons (Fsp3) is 0.462. The molecule has 3 N–H and O–H groups in total. The third kappa shape index (κ3) is 3.43. The lowest BCUT2D eigenvalue weighted by atomic mass is 10.1. The van der Waals surface area contributed by atoms with Gasteiger partial charge in [0.05, 0.1) is 19.2 Å². The predicted molar refractivity (Wildman–Crippen MR) is 67.8 cm³/mol. The van der Waals surface area contributed by atoms with Gasteiger partial charge in [0, 0.05) is 5.56 Å². The summed E-state index contributed by atoms with van der Waals surface area (Å²) in [5.41, 5.74) is 6.22. The number of nitrogens with two attached hydrogens (primary N) is 1. The molecule has 0 aliphatic carbocycles. The largest absolute Gasteiger partial charge is 0.496 e. The van der Waals surface area contributed by atoms with Crippen LogP contribution in [0.3, 0.4) is 0 Å². The summed E-state index contributed by atoms with van der Waals surface area (Å²) in [5, 5.41) is 2.74. The highest BCUT2D eigenvalue weighted by atomic mass is 19.1. The van der Waals surface area contributed by atoms with Crippen molar-refractivity contribution >= 4 is 5.91 Å². The van der Waals surface area contributed by atoms with Gasteiger partial charge in [-0.2, -0.15) is 0 Å². The van der Waals surface area contributed by atoms with Crippen molar-refractivity contribution in [2.24, 2.45) is 5.73 Å². The molecule has 1 amide bonds. The Morgan fingerprint density at radius 3 is 2.78 bits per heavy atom. The average molecular weight is 254 g/mol. The third-order valence-electron chi connectivity index (χ3n) is 2.79. The van der Waals surface area contributed by atoms with Gasteiger partial charge >= 0.3 is 0 Å². The number of amides is 1. The van der Waals surface area contributed by atoms with Crippen LogP contribution < -0.4 is 15.8 Å². The van der Waals surface area contributed by atoms with Crippen molar-refractivity contribution in [1.29, 1.82) is 0 Å². The number of rotatable bonds is 5. The van der Waals surface area contributed by atoms with Crippen LogP contribution >= 0.6 is 0 Å². The molecule has 0 spiro atoms. The summed E-state index contributed by atoms with van der Waals surface area (Å²) in [6, 6.07) is 3.29. The predicted octanol–water partition coefficient (Wildman–Crippen LogP) is 1.75. The van der Waals surface area contributed by atoms with E-state index < -0.39 is 6.04 Å². The van der Waals surface area contributed by atoms with Gasteiger partial charge in [0.2, 0.25) is 5.91 Å². The van der Waals surface area contributed by atoms with Gasteiger partial charge in [-0.3, -0.25) is 4.79 Å². The fourth-order valence-electron chi connectivity index (χ4n) is 1.63. The molecule has 0 fully saturated rings. The lowest BCUT2D eigenvalue weighted by Crippen LogP contribution is -2.41. The van der Waals surface area contributed by atoms with Crippen molar-refractivity contribution in [3.05, 3.63) is 29.6 Å². The lowest BCUT2D eigenvalue weighted by Gasteiger charge is -2.19. The van der Waals surface area contributed by atoms with Gasteiger partial charge in [-0.05, 0) is 31.5 Å². The normalized spacial score (nSPS) is 13.8. The van der Waals surface area contributed by atoms with Gasteiger partial charge in [-0.1, -0.05) is 6.92 Å². The van der Waals surface area contributed by atoms with Gasteiger partial charge in [-0.15, -0.1) is 0 Å². The molecule has 0 radical (unpaired) electrons. The number of carbonyl (C=O) groups excluding carboxylic acids is 1. The van der Waals surface area contributed by atoms with E-state index >= 15 is 0 Å². The van der Waals surface area contributed by atoms with Crippen molar-refractivity contribution in [3.8, 4) is 5.75 Å². The number of nitrogens with one attached hydrogen (secondary N) is 1. The van der Waals surface area contributed by atoms with Crippen LogP contribution in [-0.4, -0.2) is 19.1 Å². The standard InChI is InChI=1S/C13H19FN2O2/c1-4-11(15)13(17)16-8(2)10-7-9(14)5-6-12(10)18-3/h5-8,11H,4,15H2,1-3H3,(H,16,17)/t8?,11-/m1/s1. The second kappa shape index (κ2) is 6.35. The first-order valence-electron chi connectivity index (χ1n) is 5.89. The molecule has 1 unspecified atom stereocenters. The van der Waals surface area contributed by atoms with Crippen molar-refractivity contribution in [1.82, 2.24) is 5.32 Å². The maximum absolute atomic E-state index is 13.2. The van der Waals surface area contributed by atoms with Crippen LogP contribution in [0.4, 0.5) is 4.39 Å². The van der Waals surface area contributed by atoms with Crippen LogP contribution in [0.15, 0.2) is 18.2 Å². The van der Waals surface area contributed by atoms with Gasteiger partial charge < -0.3 is 15.8 Å². The summed E-state index contributed by atoms with van der Waals surface area (Å²) >= 11 is 0. The van der Waals surface area contributed by atoms with Gasteiger partial charge in [-0.25, -0.2) is 4.39 Å². The number of halogens is 1. The van der Waals surface area contributed by atoms with Crippen LogP contribution in [0, 0.1) is 5.82 Å². The van der Waals surface area contributed by atoms with Crippen LogP contribution in [0.5, 0.6) is 5.75 Å². The first-order chi connectivity index (χ1) is 8.49. The number of carbonyl (C=O) groups is 1. The zero-order valence-electron chi connectivity index (χ0n) is 10.9. The molecule has 0 aromatic heterocycles. The topological polar surface area (TPSA) is 64.4 Å². The van der Waals surface area contributed by atoms with Crippen molar-refractivity contribution < 1.29 is 13.9 Å². The second-order valence-corrected chi connectivity index (χ2v) is 4.13. The quantitative estimate of drug-likeness (QED) is 0.841. The second-order valence-electron chi connectivity index (χ2n) is 4.13. The van der Waals surface area contributed by atoms with Crippen LogP contribution in [0.1, 0.15) is 31.9 Å². The molecule has 0 saturated heterocycles. The van der Waals surface area contributed by atoms with E-state index in [1.165, 1.54) is 25.3 Å². The van der Waals surface area contributed by atoms with E-state index in [1.807, 2.05) is 6.92 Å². The maximum atomic E-state index is 13.2. The summed E-state index contributed by atoms with van der Waals surface area (Å²) in [5.74, 6) is -0.0859. The fourth-order valence-corrected chi connectivity index (χ4v) is 1.63. The van der Waals surface area contributed by atoms with E-state index in [2.05, 4.69) is 5.32 Å². The van der Waals surface area contributed by atoms with Crippen LogP contribution in [0.25, 0.3) is 0 Å². The highest BCUT2D eigenvalue weighted by Gasteiger charge is 2.18.